The van der Waals surface area contributed by atoms with Gasteiger partial charge in [-0.3, -0.25) is 14.4 Å². The predicted molar refractivity (Wildman–Crippen MR) is 136 cm³/mol. The minimum absolute atomic E-state index is 0.0351. The highest BCUT2D eigenvalue weighted by atomic mass is 16.5. The lowest BCUT2D eigenvalue weighted by Crippen LogP contribution is -2.26. The van der Waals surface area contributed by atoms with Crippen LogP contribution in [0.4, 0.5) is 5.69 Å². The van der Waals surface area contributed by atoms with Gasteiger partial charge in [-0.05, 0) is 26.0 Å². The summed E-state index contributed by atoms with van der Waals surface area (Å²) in [5.41, 5.74) is 3.00. The number of fused-ring (bicyclic) bond motifs is 1. The molecular weight excluding hydrogens is 454 g/mol. The SMILES string of the molecule is Cc1ccc(NC(=O)C(=O)c2c(-c3ccccc3)nc3onc(C)c3c2C(=O)c2ccccc2)cc1. The molecule has 5 aromatic rings. The Kier molecular flexibility index (Phi) is 5.96. The summed E-state index contributed by atoms with van der Waals surface area (Å²) >= 11 is 0. The third-order valence-electron chi connectivity index (χ3n) is 5.85. The number of amides is 1. The number of nitrogens with one attached hydrogen (secondary N) is 1. The van der Waals surface area contributed by atoms with Crippen molar-refractivity contribution in [3.05, 3.63) is 113 Å². The number of carbonyl (C=O) groups excluding carboxylic acids is 3. The maximum absolute atomic E-state index is 13.9. The molecule has 0 saturated heterocycles. The molecule has 0 radical (unpaired) electrons. The van der Waals surface area contributed by atoms with Crippen molar-refractivity contribution in [3.63, 3.8) is 0 Å². The third-order valence-corrected chi connectivity index (χ3v) is 5.85. The van der Waals surface area contributed by atoms with E-state index in [0.29, 0.717) is 27.9 Å². The normalized spacial score (nSPS) is 10.8. The standard InChI is InChI=1S/C29H21N3O4/c1-17-13-15-21(16-14-17)30-28(35)27(34)24-23(26(33)20-11-7-4-8-12-20)22-18(2)32-36-29(22)31-25(24)19-9-5-3-6-10-19/h3-16H,1-2H3,(H,30,35). The maximum Gasteiger partial charge on any atom is 0.296 e. The van der Waals surface area contributed by atoms with Gasteiger partial charge < -0.3 is 9.84 Å². The monoisotopic (exact) mass is 475 g/mol. The lowest BCUT2D eigenvalue weighted by Gasteiger charge is -2.14. The highest BCUT2D eigenvalue weighted by molar-refractivity contribution is 6.49. The van der Waals surface area contributed by atoms with Crippen molar-refractivity contribution in [2.24, 2.45) is 0 Å². The summed E-state index contributed by atoms with van der Waals surface area (Å²) in [7, 11) is 0. The summed E-state index contributed by atoms with van der Waals surface area (Å²) in [6, 6.07) is 24.5. The van der Waals surface area contributed by atoms with Gasteiger partial charge in [0.15, 0.2) is 5.78 Å². The number of aromatic nitrogens is 2. The molecule has 2 aromatic heterocycles. The molecule has 5 rings (SSSR count). The number of hydrogen-bond donors (Lipinski definition) is 1. The van der Waals surface area contributed by atoms with Crippen LogP contribution in [-0.2, 0) is 4.79 Å². The molecular formula is C29H21N3O4. The third kappa shape index (κ3) is 4.18. The Morgan fingerprint density at radius 2 is 1.42 bits per heavy atom. The first-order chi connectivity index (χ1) is 17.4. The lowest BCUT2D eigenvalue weighted by molar-refractivity contribution is -0.112. The summed E-state index contributed by atoms with van der Waals surface area (Å²) in [5, 5.41) is 6.93. The number of aryl methyl sites for hydroxylation is 2. The Labute approximate surface area is 206 Å². The van der Waals surface area contributed by atoms with Crippen molar-refractivity contribution in [1.82, 2.24) is 10.1 Å². The molecule has 0 aliphatic heterocycles. The highest BCUT2D eigenvalue weighted by Gasteiger charge is 2.32. The summed E-state index contributed by atoms with van der Waals surface area (Å²) in [6.45, 7) is 3.59. The number of benzene rings is 3. The fourth-order valence-corrected chi connectivity index (χ4v) is 4.05. The van der Waals surface area contributed by atoms with Gasteiger partial charge in [0.1, 0.15) is 0 Å². The van der Waals surface area contributed by atoms with Gasteiger partial charge in [-0.25, -0.2) is 4.98 Å². The molecule has 0 unspecified atom stereocenters. The molecule has 2 heterocycles. The van der Waals surface area contributed by atoms with Crippen LogP contribution in [0, 0.1) is 13.8 Å². The number of nitrogens with zero attached hydrogens (tertiary/aromatic N) is 2. The molecule has 3 aromatic carbocycles. The first-order valence-corrected chi connectivity index (χ1v) is 11.3. The van der Waals surface area contributed by atoms with Crippen LogP contribution in [0.5, 0.6) is 0 Å². The molecule has 7 nitrogen and oxygen atoms in total. The average Bonchev–Trinajstić information content (AvgIpc) is 3.29. The highest BCUT2D eigenvalue weighted by Crippen LogP contribution is 2.34. The fourth-order valence-electron chi connectivity index (χ4n) is 4.05. The van der Waals surface area contributed by atoms with Gasteiger partial charge in [-0.1, -0.05) is 83.5 Å². The van der Waals surface area contributed by atoms with Crippen LogP contribution >= 0.6 is 0 Å². The molecule has 0 fully saturated rings. The van der Waals surface area contributed by atoms with Crippen LogP contribution in [0.15, 0.2) is 89.5 Å². The number of carbonyl (C=O) groups is 3. The van der Waals surface area contributed by atoms with Crippen LogP contribution < -0.4 is 5.32 Å². The van der Waals surface area contributed by atoms with Crippen molar-refractivity contribution in [2.45, 2.75) is 13.8 Å². The number of anilines is 1. The summed E-state index contributed by atoms with van der Waals surface area (Å²) in [5.74, 6) is -2.20. The van der Waals surface area contributed by atoms with Crippen LogP contribution in [0.25, 0.3) is 22.4 Å². The minimum atomic E-state index is -0.885. The van der Waals surface area contributed by atoms with Gasteiger partial charge in [-0.15, -0.1) is 0 Å². The largest absolute Gasteiger partial charge is 0.336 e. The summed E-state index contributed by atoms with van der Waals surface area (Å²) < 4.78 is 5.41. The first kappa shape index (κ1) is 22.9. The molecule has 1 amide bonds. The zero-order valence-corrected chi connectivity index (χ0v) is 19.6. The molecule has 36 heavy (non-hydrogen) atoms. The van der Waals surface area contributed by atoms with Gasteiger partial charge in [0.2, 0.25) is 0 Å². The molecule has 0 aliphatic rings. The van der Waals surface area contributed by atoms with Crippen molar-refractivity contribution in [1.29, 1.82) is 0 Å². The van der Waals surface area contributed by atoms with E-state index in [1.54, 1.807) is 73.7 Å². The van der Waals surface area contributed by atoms with E-state index in [1.165, 1.54) is 0 Å². The van der Waals surface area contributed by atoms with E-state index in [2.05, 4.69) is 15.5 Å². The van der Waals surface area contributed by atoms with Crippen molar-refractivity contribution >= 4 is 34.3 Å². The number of Topliss-reactive ketones (excluding diaryl/α,β-unsaturated/α-hetero) is 1. The maximum atomic E-state index is 13.9. The second kappa shape index (κ2) is 9.38. The zero-order chi connectivity index (χ0) is 25.2. The second-order valence-corrected chi connectivity index (χ2v) is 8.37. The van der Waals surface area contributed by atoms with Crippen LogP contribution in [0.1, 0.15) is 37.5 Å². The van der Waals surface area contributed by atoms with E-state index in [0.717, 1.165) is 5.56 Å². The van der Waals surface area contributed by atoms with E-state index in [-0.39, 0.29) is 22.5 Å². The van der Waals surface area contributed by atoms with Gasteiger partial charge in [-0.2, -0.15) is 0 Å². The Balaban J connectivity index is 1.75. The van der Waals surface area contributed by atoms with Gasteiger partial charge >= 0.3 is 0 Å². The Morgan fingerprint density at radius 1 is 0.778 bits per heavy atom. The Bertz CT molecular complexity index is 1610. The zero-order valence-electron chi connectivity index (χ0n) is 19.6. The average molecular weight is 476 g/mol. The van der Waals surface area contributed by atoms with Gasteiger partial charge in [0, 0.05) is 16.8 Å². The molecule has 0 aliphatic carbocycles. The molecule has 0 bridgehead atoms. The predicted octanol–water partition coefficient (Wildman–Crippen LogP) is 5.56. The van der Waals surface area contributed by atoms with Gasteiger partial charge in [0.25, 0.3) is 17.4 Å². The van der Waals surface area contributed by atoms with E-state index >= 15 is 0 Å². The minimum Gasteiger partial charge on any atom is -0.336 e. The molecule has 7 heteroatoms. The smallest absolute Gasteiger partial charge is 0.296 e. The molecule has 0 spiro atoms. The van der Waals surface area contributed by atoms with Crippen molar-refractivity contribution < 1.29 is 18.9 Å². The Hall–Kier alpha value is -4.91. The lowest BCUT2D eigenvalue weighted by atomic mass is 9.89. The van der Waals surface area contributed by atoms with E-state index in [9.17, 15) is 14.4 Å². The van der Waals surface area contributed by atoms with Gasteiger partial charge in [0.05, 0.1) is 27.9 Å². The number of pyridine rings is 1. The molecule has 1 N–H and O–H groups in total. The first-order valence-electron chi connectivity index (χ1n) is 11.3. The number of rotatable bonds is 6. The summed E-state index contributed by atoms with van der Waals surface area (Å²) in [6.07, 6.45) is 0. The Morgan fingerprint density at radius 3 is 2.08 bits per heavy atom. The molecule has 0 atom stereocenters. The van der Waals surface area contributed by atoms with Crippen molar-refractivity contribution in [2.75, 3.05) is 5.32 Å². The second-order valence-electron chi connectivity index (χ2n) is 8.37. The number of hydrogen-bond acceptors (Lipinski definition) is 6. The van der Waals surface area contributed by atoms with E-state index in [4.69, 9.17) is 4.52 Å². The number of ketones is 2. The van der Waals surface area contributed by atoms with Crippen LogP contribution in [0.3, 0.4) is 0 Å². The van der Waals surface area contributed by atoms with E-state index in [1.807, 2.05) is 25.1 Å². The molecule has 176 valence electrons. The van der Waals surface area contributed by atoms with Crippen LogP contribution in [-0.4, -0.2) is 27.6 Å². The summed E-state index contributed by atoms with van der Waals surface area (Å²) in [4.78, 5) is 45.4. The van der Waals surface area contributed by atoms with Crippen LogP contribution in [0.2, 0.25) is 0 Å². The topological polar surface area (TPSA) is 102 Å². The van der Waals surface area contributed by atoms with E-state index < -0.39 is 17.5 Å². The quantitative estimate of drug-likeness (QED) is 0.255. The van der Waals surface area contributed by atoms with Crippen molar-refractivity contribution in [3.8, 4) is 11.3 Å². The fraction of sp³-hybridized carbons (Fsp3) is 0.0690. The molecule has 0 saturated carbocycles.